The lowest BCUT2D eigenvalue weighted by Gasteiger charge is -2.38. The number of hydrogen-bond donors (Lipinski definition) is 1. The molecular weight excluding hydrogens is 482 g/mol. The zero-order chi connectivity index (χ0) is 26.9. The van der Waals surface area contributed by atoms with Gasteiger partial charge < -0.3 is 29.3 Å². The van der Waals surface area contributed by atoms with Crippen LogP contribution in [0, 0.1) is 12.3 Å². The Balaban J connectivity index is 1.21. The molecule has 3 aliphatic rings. The van der Waals surface area contributed by atoms with Crippen LogP contribution in [0.3, 0.4) is 0 Å². The SMILES string of the molecule is Cc1cc(-c2ccc3c(c2)CC2(CCN(C(=O)OCC(C)(C)C)CC2)O3)ccc1NC(=O)N1CCOCC1. The molecule has 3 aliphatic heterocycles. The zero-order valence-corrected chi connectivity index (χ0v) is 23.0. The fourth-order valence-corrected chi connectivity index (χ4v) is 5.30. The highest BCUT2D eigenvalue weighted by atomic mass is 16.6. The fourth-order valence-electron chi connectivity index (χ4n) is 5.30. The van der Waals surface area contributed by atoms with Crippen molar-refractivity contribution in [3.8, 4) is 16.9 Å². The second-order valence-corrected chi connectivity index (χ2v) is 11.9. The number of morpholine rings is 1. The molecule has 0 unspecified atom stereocenters. The number of carbonyl (C=O) groups is 2. The molecule has 8 nitrogen and oxygen atoms in total. The van der Waals surface area contributed by atoms with Crippen molar-refractivity contribution in [2.45, 2.75) is 52.6 Å². The fraction of sp³-hybridized carbons (Fsp3) is 0.533. The van der Waals surface area contributed by atoms with Gasteiger partial charge in [-0.05, 0) is 58.9 Å². The maximum Gasteiger partial charge on any atom is 0.409 e. The summed E-state index contributed by atoms with van der Waals surface area (Å²) in [6, 6.07) is 12.4. The van der Waals surface area contributed by atoms with Gasteiger partial charge in [0.25, 0.3) is 0 Å². The van der Waals surface area contributed by atoms with Crippen molar-refractivity contribution in [1.82, 2.24) is 9.80 Å². The number of piperidine rings is 1. The summed E-state index contributed by atoms with van der Waals surface area (Å²) in [5.74, 6) is 0.934. The molecule has 2 aromatic carbocycles. The van der Waals surface area contributed by atoms with Gasteiger partial charge >= 0.3 is 12.1 Å². The number of nitrogens with one attached hydrogen (secondary N) is 1. The van der Waals surface area contributed by atoms with Gasteiger partial charge in [0.15, 0.2) is 0 Å². The monoisotopic (exact) mass is 521 g/mol. The highest BCUT2D eigenvalue weighted by molar-refractivity contribution is 5.90. The summed E-state index contributed by atoms with van der Waals surface area (Å²) < 4.78 is 17.3. The van der Waals surface area contributed by atoms with E-state index in [1.165, 1.54) is 5.56 Å². The topological polar surface area (TPSA) is 80.3 Å². The number of amides is 3. The Kier molecular flexibility index (Phi) is 7.27. The molecule has 2 aromatic rings. The summed E-state index contributed by atoms with van der Waals surface area (Å²) in [7, 11) is 0. The molecule has 8 heteroatoms. The van der Waals surface area contributed by atoms with Crippen molar-refractivity contribution in [3.63, 3.8) is 0 Å². The third-order valence-electron chi connectivity index (χ3n) is 7.56. The van der Waals surface area contributed by atoms with Gasteiger partial charge in [-0.2, -0.15) is 0 Å². The van der Waals surface area contributed by atoms with Gasteiger partial charge in [-0.25, -0.2) is 9.59 Å². The quantitative estimate of drug-likeness (QED) is 0.579. The molecule has 5 rings (SSSR count). The van der Waals surface area contributed by atoms with E-state index in [-0.39, 0.29) is 23.1 Å². The first kappa shape index (κ1) is 26.4. The van der Waals surface area contributed by atoms with Gasteiger partial charge in [0.2, 0.25) is 0 Å². The van der Waals surface area contributed by atoms with Gasteiger partial charge in [0, 0.05) is 51.1 Å². The van der Waals surface area contributed by atoms with Gasteiger partial charge in [0.05, 0.1) is 19.8 Å². The van der Waals surface area contributed by atoms with Crippen LogP contribution in [0.2, 0.25) is 0 Å². The predicted octanol–water partition coefficient (Wildman–Crippen LogP) is 5.48. The summed E-state index contributed by atoms with van der Waals surface area (Å²) in [6.07, 6.45) is 2.19. The first-order chi connectivity index (χ1) is 18.1. The van der Waals surface area contributed by atoms with Crippen LogP contribution in [0.15, 0.2) is 36.4 Å². The second kappa shape index (κ2) is 10.5. The van der Waals surface area contributed by atoms with Crippen molar-refractivity contribution >= 4 is 17.8 Å². The molecule has 2 saturated heterocycles. The molecule has 0 atom stereocenters. The van der Waals surface area contributed by atoms with E-state index >= 15 is 0 Å². The molecule has 2 fully saturated rings. The maximum absolute atomic E-state index is 12.6. The number of rotatable bonds is 3. The number of likely N-dealkylation sites (tertiary alicyclic amines) is 1. The standard InChI is InChI=1S/C30H39N3O5/c1-21-17-22(5-7-25(21)31-27(34)32-13-15-36-16-14-32)23-6-8-26-24(18-23)19-30(38-26)9-11-33(12-10-30)28(35)37-20-29(2,3)4/h5-8,17-18H,9-16,19-20H2,1-4H3,(H,31,34). The number of urea groups is 1. The van der Waals surface area contributed by atoms with E-state index in [4.69, 9.17) is 14.2 Å². The van der Waals surface area contributed by atoms with Crippen LogP contribution < -0.4 is 10.1 Å². The summed E-state index contributed by atoms with van der Waals surface area (Å²) in [5, 5.41) is 3.04. The van der Waals surface area contributed by atoms with E-state index in [0.29, 0.717) is 46.0 Å². The lowest BCUT2D eigenvalue weighted by atomic mass is 9.86. The molecule has 3 heterocycles. The summed E-state index contributed by atoms with van der Waals surface area (Å²) in [4.78, 5) is 28.7. The minimum atomic E-state index is -0.259. The molecule has 38 heavy (non-hydrogen) atoms. The summed E-state index contributed by atoms with van der Waals surface area (Å²) >= 11 is 0. The van der Waals surface area contributed by atoms with Crippen LogP contribution in [0.4, 0.5) is 15.3 Å². The Morgan fingerprint density at radius 2 is 1.66 bits per heavy atom. The Morgan fingerprint density at radius 1 is 0.974 bits per heavy atom. The molecule has 1 spiro atoms. The van der Waals surface area contributed by atoms with Crippen LogP contribution >= 0.6 is 0 Å². The van der Waals surface area contributed by atoms with Crippen LogP contribution in [-0.2, 0) is 15.9 Å². The average Bonchev–Trinajstić information content (AvgIpc) is 3.25. The Bertz CT molecular complexity index is 1190. The van der Waals surface area contributed by atoms with Crippen LogP contribution in [0.5, 0.6) is 5.75 Å². The van der Waals surface area contributed by atoms with E-state index in [2.05, 4.69) is 56.4 Å². The molecule has 0 aliphatic carbocycles. The highest BCUT2D eigenvalue weighted by Gasteiger charge is 2.43. The summed E-state index contributed by atoms with van der Waals surface area (Å²) in [5.41, 5.74) is 4.97. The van der Waals surface area contributed by atoms with Crippen LogP contribution in [0.1, 0.15) is 44.7 Å². The normalized spacial score (nSPS) is 18.6. The lowest BCUT2D eigenvalue weighted by Crippen LogP contribution is -2.49. The second-order valence-electron chi connectivity index (χ2n) is 11.9. The number of nitrogens with zero attached hydrogens (tertiary/aromatic N) is 2. The first-order valence-electron chi connectivity index (χ1n) is 13.6. The number of fused-ring (bicyclic) bond motifs is 1. The molecule has 0 radical (unpaired) electrons. The van der Waals surface area contributed by atoms with E-state index in [1.54, 1.807) is 9.80 Å². The number of anilines is 1. The number of hydrogen-bond acceptors (Lipinski definition) is 5. The van der Waals surface area contributed by atoms with E-state index < -0.39 is 0 Å². The van der Waals surface area contributed by atoms with E-state index in [9.17, 15) is 9.59 Å². The Hall–Kier alpha value is -3.26. The maximum atomic E-state index is 12.6. The van der Waals surface area contributed by atoms with Gasteiger partial charge in [-0.15, -0.1) is 0 Å². The van der Waals surface area contributed by atoms with Gasteiger partial charge in [0.1, 0.15) is 11.4 Å². The third-order valence-corrected chi connectivity index (χ3v) is 7.56. The molecule has 3 amide bonds. The Labute approximate surface area is 225 Å². The van der Waals surface area contributed by atoms with Gasteiger partial charge in [-0.1, -0.05) is 32.9 Å². The van der Waals surface area contributed by atoms with Crippen molar-refractivity contribution in [2.24, 2.45) is 5.41 Å². The highest BCUT2D eigenvalue weighted by Crippen LogP contribution is 2.43. The van der Waals surface area contributed by atoms with Gasteiger partial charge in [-0.3, -0.25) is 0 Å². The molecule has 0 bridgehead atoms. The molecule has 204 valence electrons. The number of ether oxygens (including phenoxy) is 3. The minimum absolute atomic E-state index is 0.0453. The number of benzene rings is 2. The van der Waals surface area contributed by atoms with Crippen LogP contribution in [-0.4, -0.2) is 73.5 Å². The number of carbonyl (C=O) groups excluding carboxylic acids is 2. The van der Waals surface area contributed by atoms with Crippen molar-refractivity contribution < 1.29 is 23.8 Å². The summed E-state index contributed by atoms with van der Waals surface area (Å²) in [6.45, 7) is 12.3. The Morgan fingerprint density at radius 3 is 2.34 bits per heavy atom. The van der Waals surface area contributed by atoms with E-state index in [1.807, 2.05) is 13.0 Å². The largest absolute Gasteiger partial charge is 0.487 e. The predicted molar refractivity (Wildman–Crippen MR) is 147 cm³/mol. The minimum Gasteiger partial charge on any atom is -0.487 e. The van der Waals surface area contributed by atoms with Crippen molar-refractivity contribution in [2.75, 3.05) is 51.3 Å². The average molecular weight is 522 g/mol. The molecule has 0 aromatic heterocycles. The third kappa shape index (κ3) is 5.90. The van der Waals surface area contributed by atoms with Crippen molar-refractivity contribution in [3.05, 3.63) is 47.5 Å². The zero-order valence-electron chi connectivity index (χ0n) is 23.0. The van der Waals surface area contributed by atoms with Crippen molar-refractivity contribution in [1.29, 1.82) is 0 Å². The smallest absolute Gasteiger partial charge is 0.409 e. The lowest BCUT2D eigenvalue weighted by molar-refractivity contribution is 0.00956. The molecular formula is C30H39N3O5. The van der Waals surface area contributed by atoms with E-state index in [0.717, 1.165) is 47.4 Å². The van der Waals surface area contributed by atoms with Crippen LogP contribution in [0.25, 0.3) is 11.1 Å². The molecule has 0 saturated carbocycles. The number of aryl methyl sites for hydroxylation is 1. The molecule has 1 N–H and O–H groups in total. The first-order valence-corrected chi connectivity index (χ1v) is 13.6.